The zero-order chi connectivity index (χ0) is 15.1. The molecule has 0 aliphatic carbocycles. The van der Waals surface area contributed by atoms with Gasteiger partial charge < -0.3 is 15.7 Å². The van der Waals surface area contributed by atoms with Crippen molar-refractivity contribution in [3.8, 4) is 5.75 Å². The summed E-state index contributed by atoms with van der Waals surface area (Å²) in [5.41, 5.74) is 6.89. The van der Waals surface area contributed by atoms with Crippen molar-refractivity contribution < 1.29 is 9.90 Å². The summed E-state index contributed by atoms with van der Waals surface area (Å²) < 4.78 is 0. The van der Waals surface area contributed by atoms with Gasteiger partial charge in [0.15, 0.2) is 0 Å². The van der Waals surface area contributed by atoms with Crippen LogP contribution in [0, 0.1) is 0 Å². The van der Waals surface area contributed by atoms with Gasteiger partial charge >= 0.3 is 0 Å². The minimum atomic E-state index is -0.456. The van der Waals surface area contributed by atoms with E-state index in [1.54, 1.807) is 34.9 Å². The molecule has 0 heterocycles. The van der Waals surface area contributed by atoms with E-state index in [-0.39, 0.29) is 17.7 Å². The maximum absolute atomic E-state index is 12.4. The average molecular weight is 296 g/mol. The highest BCUT2D eigenvalue weighted by Gasteiger charge is 2.24. The number of aromatic hydroxyl groups is 1. The molecule has 0 bridgehead atoms. The zero-order valence-corrected chi connectivity index (χ0v) is 13.2. The second-order valence-electron chi connectivity index (χ2n) is 4.78. The fourth-order valence-electron chi connectivity index (χ4n) is 2.17. The Morgan fingerprint density at radius 1 is 1.50 bits per heavy atom. The fraction of sp³-hybridized carbons (Fsp3) is 0.533. The van der Waals surface area contributed by atoms with Crippen LogP contribution in [-0.4, -0.2) is 40.5 Å². The average Bonchev–Trinajstić information content (AvgIpc) is 2.45. The van der Waals surface area contributed by atoms with Gasteiger partial charge in [-0.05, 0) is 50.0 Å². The van der Waals surface area contributed by atoms with Crippen molar-refractivity contribution in [3.63, 3.8) is 0 Å². The molecule has 0 aromatic heterocycles. The van der Waals surface area contributed by atoms with Crippen LogP contribution in [0.1, 0.15) is 31.9 Å². The van der Waals surface area contributed by atoms with Crippen molar-refractivity contribution in [3.05, 3.63) is 29.8 Å². The van der Waals surface area contributed by atoms with Gasteiger partial charge in [0, 0.05) is 6.54 Å². The highest BCUT2D eigenvalue weighted by Crippen LogP contribution is 2.24. The molecule has 1 amide bonds. The quantitative estimate of drug-likeness (QED) is 0.811. The highest BCUT2D eigenvalue weighted by molar-refractivity contribution is 7.98. The summed E-state index contributed by atoms with van der Waals surface area (Å²) in [5.74, 6) is 1.06. The first kappa shape index (κ1) is 16.9. The van der Waals surface area contributed by atoms with Gasteiger partial charge in [0.25, 0.3) is 0 Å². The Kier molecular flexibility index (Phi) is 6.88. The Morgan fingerprint density at radius 2 is 2.20 bits per heavy atom. The lowest BCUT2D eigenvalue weighted by molar-refractivity contribution is -0.134. The molecule has 3 N–H and O–H groups in total. The smallest absolute Gasteiger partial charge is 0.240 e. The van der Waals surface area contributed by atoms with E-state index in [1.807, 2.05) is 26.2 Å². The summed E-state index contributed by atoms with van der Waals surface area (Å²) in [6, 6.07) is 6.45. The van der Waals surface area contributed by atoms with Crippen LogP contribution in [0.4, 0.5) is 0 Å². The normalized spacial score (nSPS) is 13.8. The number of nitrogens with zero attached hydrogens (tertiary/aromatic N) is 1. The van der Waals surface area contributed by atoms with Crippen LogP contribution in [0.2, 0.25) is 0 Å². The maximum atomic E-state index is 12.4. The molecule has 1 rings (SSSR count). The van der Waals surface area contributed by atoms with Crippen LogP contribution >= 0.6 is 11.8 Å². The topological polar surface area (TPSA) is 66.6 Å². The van der Waals surface area contributed by atoms with Gasteiger partial charge in [-0.15, -0.1) is 0 Å². The molecule has 20 heavy (non-hydrogen) atoms. The van der Waals surface area contributed by atoms with Crippen molar-refractivity contribution in [2.24, 2.45) is 5.73 Å². The van der Waals surface area contributed by atoms with Gasteiger partial charge in [0.1, 0.15) is 5.75 Å². The van der Waals surface area contributed by atoms with Gasteiger partial charge in [-0.25, -0.2) is 0 Å². The molecule has 5 heteroatoms. The third kappa shape index (κ3) is 4.42. The molecular weight excluding hydrogens is 272 g/mol. The fourth-order valence-corrected chi connectivity index (χ4v) is 2.66. The number of hydrogen-bond acceptors (Lipinski definition) is 4. The number of carbonyl (C=O) groups is 1. The summed E-state index contributed by atoms with van der Waals surface area (Å²) in [5, 5.41) is 9.55. The molecule has 4 nitrogen and oxygen atoms in total. The number of nitrogens with two attached hydrogens (primary N) is 1. The number of carbonyl (C=O) groups excluding carboxylic acids is 1. The molecule has 0 spiro atoms. The number of thioether (sulfide) groups is 1. The maximum Gasteiger partial charge on any atom is 0.240 e. The third-order valence-corrected chi connectivity index (χ3v) is 4.04. The zero-order valence-electron chi connectivity index (χ0n) is 12.4. The second kappa shape index (κ2) is 8.17. The van der Waals surface area contributed by atoms with E-state index in [1.165, 1.54) is 0 Å². The van der Waals surface area contributed by atoms with Crippen LogP contribution in [-0.2, 0) is 4.79 Å². The van der Waals surface area contributed by atoms with Crippen molar-refractivity contribution in [1.82, 2.24) is 4.90 Å². The second-order valence-corrected chi connectivity index (χ2v) is 5.77. The third-order valence-electron chi connectivity index (χ3n) is 3.39. The molecule has 0 radical (unpaired) electrons. The number of rotatable bonds is 7. The largest absolute Gasteiger partial charge is 0.508 e. The summed E-state index contributed by atoms with van der Waals surface area (Å²) >= 11 is 1.69. The van der Waals surface area contributed by atoms with Gasteiger partial charge in [-0.3, -0.25) is 4.79 Å². The summed E-state index contributed by atoms with van der Waals surface area (Å²) in [6.45, 7) is 4.50. The van der Waals surface area contributed by atoms with E-state index in [4.69, 9.17) is 5.73 Å². The predicted molar refractivity (Wildman–Crippen MR) is 84.9 cm³/mol. The Morgan fingerprint density at radius 3 is 2.75 bits per heavy atom. The van der Waals surface area contributed by atoms with Gasteiger partial charge in [-0.1, -0.05) is 12.1 Å². The van der Waals surface area contributed by atoms with Crippen LogP contribution in [0.3, 0.4) is 0 Å². The van der Waals surface area contributed by atoms with Crippen molar-refractivity contribution in [2.75, 3.05) is 18.6 Å². The lowest BCUT2D eigenvalue weighted by Gasteiger charge is -2.30. The van der Waals surface area contributed by atoms with Crippen molar-refractivity contribution >= 4 is 17.7 Å². The molecular formula is C15H24N2O2S. The number of hydrogen-bond donors (Lipinski definition) is 2. The molecule has 1 aromatic carbocycles. The molecule has 2 atom stereocenters. The SMILES string of the molecule is CCN(C(=O)[C@@H](N)CCSC)C(C)c1cccc(O)c1. The first-order valence-electron chi connectivity index (χ1n) is 6.85. The minimum absolute atomic E-state index is 0.0302. The Balaban J connectivity index is 2.81. The molecule has 0 saturated carbocycles. The number of benzene rings is 1. The van der Waals surface area contributed by atoms with E-state index in [9.17, 15) is 9.90 Å². The number of likely N-dealkylation sites (N-methyl/N-ethyl adjacent to an activating group) is 1. The summed E-state index contributed by atoms with van der Waals surface area (Å²) in [7, 11) is 0. The first-order chi connectivity index (χ1) is 9.51. The number of amides is 1. The first-order valence-corrected chi connectivity index (χ1v) is 8.24. The van der Waals surface area contributed by atoms with E-state index in [0.717, 1.165) is 11.3 Å². The van der Waals surface area contributed by atoms with E-state index < -0.39 is 6.04 Å². The number of phenols is 1. The van der Waals surface area contributed by atoms with Crippen molar-refractivity contribution in [1.29, 1.82) is 0 Å². The number of phenolic OH excluding ortho intramolecular Hbond substituents is 1. The highest BCUT2D eigenvalue weighted by atomic mass is 32.2. The van der Waals surface area contributed by atoms with Crippen LogP contribution in [0.15, 0.2) is 24.3 Å². The summed E-state index contributed by atoms with van der Waals surface area (Å²) in [4.78, 5) is 14.2. The summed E-state index contributed by atoms with van der Waals surface area (Å²) in [6.07, 6.45) is 2.69. The molecule has 1 unspecified atom stereocenters. The van der Waals surface area contributed by atoms with E-state index in [2.05, 4.69) is 0 Å². The van der Waals surface area contributed by atoms with Gasteiger partial charge in [-0.2, -0.15) is 11.8 Å². The van der Waals surface area contributed by atoms with Crippen LogP contribution in [0.25, 0.3) is 0 Å². The molecule has 1 aromatic rings. The molecule has 0 fully saturated rings. The molecule has 0 aliphatic rings. The lowest BCUT2D eigenvalue weighted by Crippen LogP contribution is -2.45. The molecule has 112 valence electrons. The monoisotopic (exact) mass is 296 g/mol. The molecule has 0 aliphatic heterocycles. The Labute approximate surface area is 125 Å². The van der Waals surface area contributed by atoms with Crippen molar-refractivity contribution in [2.45, 2.75) is 32.4 Å². The van der Waals surface area contributed by atoms with Gasteiger partial charge in [0.2, 0.25) is 5.91 Å². The van der Waals surface area contributed by atoms with E-state index in [0.29, 0.717) is 13.0 Å². The Bertz CT molecular complexity index is 440. The molecule has 0 saturated heterocycles. The van der Waals surface area contributed by atoms with Gasteiger partial charge in [0.05, 0.1) is 12.1 Å². The lowest BCUT2D eigenvalue weighted by atomic mass is 10.0. The van der Waals surface area contributed by atoms with Crippen LogP contribution in [0.5, 0.6) is 5.75 Å². The standard InChI is InChI=1S/C15H24N2O2S/c1-4-17(15(19)14(16)8-9-20-3)11(2)12-6-5-7-13(18)10-12/h5-7,10-11,14,18H,4,8-9,16H2,1-3H3/t11?,14-/m0/s1. The van der Waals surface area contributed by atoms with E-state index >= 15 is 0 Å². The van der Waals surface area contributed by atoms with Crippen LogP contribution < -0.4 is 5.73 Å². The minimum Gasteiger partial charge on any atom is -0.508 e. The predicted octanol–water partition coefficient (Wildman–Crippen LogP) is 2.38. The Hall–Kier alpha value is -1.20.